The lowest BCUT2D eigenvalue weighted by atomic mass is 10.1. The molecule has 0 spiro atoms. The minimum Gasteiger partial charge on any atom is -0.465 e. The third kappa shape index (κ3) is 3.43. The number of hydrogen-bond acceptors (Lipinski definition) is 4. The SMILES string of the molecule is Cc1ccc(CNC(=O)C(C)n2c(=O)cc(C)c3c(C)nn(-c4ccccc4)c32)o1. The Morgan fingerprint density at radius 3 is 2.53 bits per heavy atom. The fraction of sp³-hybridized carbons (Fsp3) is 0.261. The van der Waals surface area contributed by atoms with E-state index in [4.69, 9.17) is 4.42 Å². The summed E-state index contributed by atoms with van der Waals surface area (Å²) < 4.78 is 8.76. The normalized spacial score (nSPS) is 12.3. The zero-order valence-corrected chi connectivity index (χ0v) is 17.5. The van der Waals surface area contributed by atoms with Crippen molar-refractivity contribution in [3.8, 4) is 5.69 Å². The molecule has 1 unspecified atom stereocenters. The summed E-state index contributed by atoms with van der Waals surface area (Å²) in [4.78, 5) is 25.9. The van der Waals surface area contributed by atoms with Crippen LogP contribution in [0.3, 0.4) is 0 Å². The van der Waals surface area contributed by atoms with Gasteiger partial charge >= 0.3 is 0 Å². The predicted octanol–water partition coefficient (Wildman–Crippen LogP) is 3.58. The summed E-state index contributed by atoms with van der Waals surface area (Å²) in [6.45, 7) is 7.63. The predicted molar refractivity (Wildman–Crippen MR) is 115 cm³/mol. The van der Waals surface area contributed by atoms with Crippen LogP contribution in [0.15, 0.2) is 57.7 Å². The van der Waals surface area contributed by atoms with E-state index in [2.05, 4.69) is 10.4 Å². The molecule has 0 radical (unpaired) electrons. The number of furan rings is 1. The van der Waals surface area contributed by atoms with Crippen molar-refractivity contribution < 1.29 is 9.21 Å². The molecule has 7 heteroatoms. The van der Waals surface area contributed by atoms with Gasteiger partial charge in [-0.05, 0) is 57.5 Å². The van der Waals surface area contributed by atoms with Gasteiger partial charge in [-0.25, -0.2) is 4.68 Å². The van der Waals surface area contributed by atoms with E-state index in [-0.39, 0.29) is 18.0 Å². The minimum atomic E-state index is -0.727. The van der Waals surface area contributed by atoms with E-state index >= 15 is 0 Å². The first kappa shape index (κ1) is 19.7. The molecule has 4 aromatic rings. The van der Waals surface area contributed by atoms with Gasteiger partial charge in [-0.1, -0.05) is 18.2 Å². The maximum Gasteiger partial charge on any atom is 0.253 e. The Balaban J connectivity index is 1.79. The van der Waals surface area contributed by atoms with Crippen LogP contribution in [0.1, 0.15) is 35.7 Å². The molecule has 30 heavy (non-hydrogen) atoms. The lowest BCUT2D eigenvalue weighted by molar-refractivity contribution is -0.124. The Labute approximate surface area is 173 Å². The zero-order chi connectivity index (χ0) is 21.4. The number of aryl methyl sites for hydroxylation is 3. The quantitative estimate of drug-likeness (QED) is 0.551. The molecule has 1 atom stereocenters. The van der Waals surface area contributed by atoms with Gasteiger partial charge in [0.2, 0.25) is 5.91 Å². The molecule has 0 aliphatic carbocycles. The lowest BCUT2D eigenvalue weighted by Crippen LogP contribution is -2.36. The van der Waals surface area contributed by atoms with Crippen molar-refractivity contribution >= 4 is 16.9 Å². The Bertz CT molecular complexity index is 1280. The second-order valence-corrected chi connectivity index (χ2v) is 7.47. The summed E-state index contributed by atoms with van der Waals surface area (Å²) in [5.41, 5.74) is 2.84. The van der Waals surface area contributed by atoms with Crippen LogP contribution in [0.5, 0.6) is 0 Å². The number of nitrogens with one attached hydrogen (secondary N) is 1. The fourth-order valence-electron chi connectivity index (χ4n) is 3.77. The van der Waals surface area contributed by atoms with Gasteiger partial charge in [0.1, 0.15) is 23.2 Å². The van der Waals surface area contributed by atoms with Crippen LogP contribution >= 0.6 is 0 Å². The highest BCUT2D eigenvalue weighted by molar-refractivity contribution is 5.87. The van der Waals surface area contributed by atoms with E-state index < -0.39 is 6.04 Å². The topological polar surface area (TPSA) is 82.1 Å². The van der Waals surface area contributed by atoms with Crippen LogP contribution in [-0.4, -0.2) is 20.3 Å². The molecular weight excluding hydrogens is 380 g/mol. The summed E-state index contributed by atoms with van der Waals surface area (Å²) in [7, 11) is 0. The molecule has 0 fully saturated rings. The van der Waals surface area contributed by atoms with Crippen molar-refractivity contribution in [1.29, 1.82) is 0 Å². The van der Waals surface area contributed by atoms with Crippen LogP contribution in [0.4, 0.5) is 0 Å². The van der Waals surface area contributed by atoms with Gasteiger partial charge in [0, 0.05) is 11.5 Å². The number of hydrogen-bond donors (Lipinski definition) is 1. The van der Waals surface area contributed by atoms with Crippen LogP contribution in [0, 0.1) is 20.8 Å². The maximum absolute atomic E-state index is 13.0. The standard InChI is InChI=1S/C23H24N4O3/c1-14-12-20(28)26(17(4)22(29)24-13-19-11-10-15(2)30-19)23-21(14)16(3)25-27(23)18-8-6-5-7-9-18/h5-12,17H,13H2,1-4H3,(H,24,29). The highest BCUT2D eigenvalue weighted by atomic mass is 16.3. The van der Waals surface area contributed by atoms with Gasteiger partial charge < -0.3 is 9.73 Å². The van der Waals surface area contributed by atoms with E-state index in [1.54, 1.807) is 17.7 Å². The smallest absolute Gasteiger partial charge is 0.253 e. The molecule has 1 amide bonds. The first-order valence-corrected chi connectivity index (χ1v) is 9.86. The van der Waals surface area contributed by atoms with Gasteiger partial charge in [0.15, 0.2) is 0 Å². The number of pyridine rings is 1. The Hall–Kier alpha value is -3.61. The van der Waals surface area contributed by atoms with Gasteiger partial charge in [-0.2, -0.15) is 5.10 Å². The van der Waals surface area contributed by atoms with Gasteiger partial charge in [0.25, 0.3) is 5.56 Å². The van der Waals surface area contributed by atoms with Crippen LogP contribution in [0.2, 0.25) is 0 Å². The van der Waals surface area contributed by atoms with Crippen molar-refractivity contribution in [2.75, 3.05) is 0 Å². The van der Waals surface area contributed by atoms with Crippen molar-refractivity contribution in [1.82, 2.24) is 19.7 Å². The third-order valence-corrected chi connectivity index (χ3v) is 5.24. The van der Waals surface area contributed by atoms with E-state index in [1.165, 1.54) is 4.57 Å². The van der Waals surface area contributed by atoms with Crippen molar-refractivity contribution in [2.24, 2.45) is 0 Å². The summed E-state index contributed by atoms with van der Waals surface area (Å²) >= 11 is 0. The highest BCUT2D eigenvalue weighted by Gasteiger charge is 2.24. The molecule has 0 saturated heterocycles. The molecule has 154 valence electrons. The number of fused-ring (bicyclic) bond motifs is 1. The molecule has 0 saturated carbocycles. The maximum atomic E-state index is 13.0. The first-order valence-electron chi connectivity index (χ1n) is 9.86. The number of rotatable bonds is 5. The number of benzene rings is 1. The van der Waals surface area contributed by atoms with Crippen molar-refractivity contribution in [3.63, 3.8) is 0 Å². The Morgan fingerprint density at radius 2 is 1.87 bits per heavy atom. The van der Waals surface area contributed by atoms with Crippen molar-refractivity contribution in [3.05, 3.63) is 81.7 Å². The average Bonchev–Trinajstić information content (AvgIpc) is 3.30. The van der Waals surface area contributed by atoms with E-state index in [9.17, 15) is 9.59 Å². The summed E-state index contributed by atoms with van der Waals surface area (Å²) in [5, 5.41) is 8.41. The number of para-hydroxylation sites is 1. The van der Waals surface area contributed by atoms with Crippen molar-refractivity contribution in [2.45, 2.75) is 40.3 Å². The molecule has 3 heterocycles. The fourth-order valence-corrected chi connectivity index (χ4v) is 3.77. The molecule has 4 rings (SSSR count). The minimum absolute atomic E-state index is 0.242. The monoisotopic (exact) mass is 404 g/mol. The Kier molecular flexibility index (Phi) is 5.03. The molecule has 1 aromatic carbocycles. The number of amides is 1. The molecule has 1 N–H and O–H groups in total. The summed E-state index contributed by atoms with van der Waals surface area (Å²) in [6.07, 6.45) is 0. The van der Waals surface area contributed by atoms with E-state index in [0.717, 1.165) is 28.1 Å². The van der Waals surface area contributed by atoms with E-state index in [1.807, 2.05) is 63.2 Å². The Morgan fingerprint density at radius 1 is 1.13 bits per heavy atom. The number of nitrogens with zero attached hydrogens (tertiary/aromatic N) is 3. The largest absolute Gasteiger partial charge is 0.465 e. The van der Waals surface area contributed by atoms with Crippen LogP contribution < -0.4 is 10.9 Å². The second kappa shape index (κ2) is 7.67. The number of carbonyl (C=O) groups excluding carboxylic acids is 1. The molecule has 3 aromatic heterocycles. The molecule has 0 aliphatic heterocycles. The third-order valence-electron chi connectivity index (χ3n) is 5.24. The number of aromatic nitrogens is 3. The van der Waals surface area contributed by atoms with E-state index in [0.29, 0.717) is 11.4 Å². The second-order valence-electron chi connectivity index (χ2n) is 7.47. The molecule has 0 bridgehead atoms. The lowest BCUT2D eigenvalue weighted by Gasteiger charge is -2.18. The zero-order valence-electron chi connectivity index (χ0n) is 17.5. The highest BCUT2D eigenvalue weighted by Crippen LogP contribution is 2.25. The van der Waals surface area contributed by atoms with Gasteiger partial charge in [0.05, 0.1) is 17.9 Å². The average molecular weight is 404 g/mol. The van der Waals surface area contributed by atoms with Gasteiger partial charge in [-0.15, -0.1) is 0 Å². The van der Waals surface area contributed by atoms with Crippen LogP contribution in [-0.2, 0) is 11.3 Å². The molecule has 7 nitrogen and oxygen atoms in total. The molecule has 0 aliphatic rings. The van der Waals surface area contributed by atoms with Gasteiger partial charge in [-0.3, -0.25) is 14.2 Å². The molecular formula is C23H24N4O3. The number of carbonyl (C=O) groups is 1. The first-order chi connectivity index (χ1) is 14.4. The summed E-state index contributed by atoms with van der Waals surface area (Å²) in [6, 6.07) is 14.1. The summed E-state index contributed by atoms with van der Waals surface area (Å²) in [5.74, 6) is 1.18. The van der Waals surface area contributed by atoms with Crippen LogP contribution in [0.25, 0.3) is 16.7 Å².